The van der Waals surface area contributed by atoms with E-state index in [1.54, 1.807) is 18.2 Å². The molecule has 7 nitrogen and oxygen atoms in total. The number of carbonyl (C=O) groups excluding carboxylic acids is 2. The molecule has 0 bridgehead atoms. The number of para-hydroxylation sites is 1. The van der Waals surface area contributed by atoms with Gasteiger partial charge in [-0.3, -0.25) is 9.52 Å². The monoisotopic (exact) mass is 462 g/mol. The number of hydrogen-bond donors (Lipinski definition) is 2. The van der Waals surface area contributed by atoms with E-state index in [4.69, 9.17) is 11.6 Å². The van der Waals surface area contributed by atoms with Crippen molar-refractivity contribution in [2.75, 3.05) is 17.1 Å². The van der Waals surface area contributed by atoms with Gasteiger partial charge in [0.15, 0.2) is 0 Å². The maximum absolute atomic E-state index is 14.5. The molecule has 3 aromatic rings. The van der Waals surface area contributed by atoms with Gasteiger partial charge in [0.2, 0.25) is 0 Å². The number of rotatable bonds is 6. The quantitative estimate of drug-likeness (QED) is 0.531. The molecule has 0 atom stereocenters. The van der Waals surface area contributed by atoms with Crippen LogP contribution in [-0.2, 0) is 14.8 Å². The number of nitrogens with one attached hydrogen (secondary N) is 2. The number of amides is 1. The summed E-state index contributed by atoms with van der Waals surface area (Å²) in [6, 6.07) is 15.0. The summed E-state index contributed by atoms with van der Waals surface area (Å²) in [6.07, 6.45) is 0. The number of halogens is 2. The Labute approximate surface area is 182 Å². The van der Waals surface area contributed by atoms with Crippen LogP contribution in [0.25, 0.3) is 0 Å². The summed E-state index contributed by atoms with van der Waals surface area (Å²) in [5.74, 6) is -2.35. The van der Waals surface area contributed by atoms with Crippen LogP contribution < -0.4 is 10.0 Å². The van der Waals surface area contributed by atoms with Crippen molar-refractivity contribution in [1.82, 2.24) is 0 Å². The fourth-order valence-corrected chi connectivity index (χ4v) is 3.98. The molecule has 2 N–H and O–H groups in total. The van der Waals surface area contributed by atoms with Crippen molar-refractivity contribution >= 4 is 44.9 Å². The summed E-state index contributed by atoms with van der Waals surface area (Å²) in [7, 11) is -3.07. The van der Waals surface area contributed by atoms with Crippen molar-refractivity contribution in [2.45, 2.75) is 4.90 Å². The van der Waals surface area contributed by atoms with Crippen molar-refractivity contribution in [3.63, 3.8) is 0 Å². The molecule has 0 heterocycles. The molecule has 10 heteroatoms. The van der Waals surface area contributed by atoms with E-state index in [0.29, 0.717) is 0 Å². The van der Waals surface area contributed by atoms with E-state index in [-0.39, 0.29) is 27.5 Å². The fraction of sp³-hybridized carbons (Fsp3) is 0.0476. The normalized spacial score (nSPS) is 10.9. The molecular weight excluding hydrogens is 447 g/mol. The first kappa shape index (κ1) is 22.3. The summed E-state index contributed by atoms with van der Waals surface area (Å²) in [5, 5.41) is 2.54. The third kappa shape index (κ3) is 5.01. The highest BCUT2D eigenvalue weighted by Crippen LogP contribution is 2.25. The van der Waals surface area contributed by atoms with Crippen LogP contribution in [0.2, 0.25) is 5.02 Å². The molecule has 0 aliphatic carbocycles. The topological polar surface area (TPSA) is 102 Å². The molecule has 31 heavy (non-hydrogen) atoms. The smallest absolute Gasteiger partial charge is 0.339 e. The summed E-state index contributed by atoms with van der Waals surface area (Å²) in [6.45, 7) is 0. The standard InChI is InChI=1S/C21H16ClFN2O5S/c1-30-21(27)15-7-3-5-9-18(15)25-31(28,29)13-10-11-19(17(23)12-13)24-20(26)14-6-2-4-8-16(14)22/h2-12,25H,1H3,(H,24,26). The number of carbonyl (C=O) groups is 2. The fourth-order valence-electron chi connectivity index (χ4n) is 2.66. The summed E-state index contributed by atoms with van der Waals surface area (Å²) < 4.78 is 46.8. The van der Waals surface area contributed by atoms with Gasteiger partial charge in [0, 0.05) is 0 Å². The van der Waals surface area contributed by atoms with Crippen LogP contribution in [0.1, 0.15) is 20.7 Å². The summed E-state index contributed by atoms with van der Waals surface area (Å²) in [4.78, 5) is 23.7. The first-order chi connectivity index (χ1) is 14.7. The van der Waals surface area contributed by atoms with Crippen LogP contribution in [0, 0.1) is 5.82 Å². The van der Waals surface area contributed by atoms with Crippen molar-refractivity contribution in [3.05, 3.63) is 88.7 Å². The molecule has 0 unspecified atom stereocenters. The number of ether oxygens (including phenoxy) is 1. The Morgan fingerprint density at radius 1 is 0.935 bits per heavy atom. The molecule has 160 valence electrons. The average molecular weight is 463 g/mol. The second-order valence-corrected chi connectivity index (χ2v) is 8.31. The van der Waals surface area contributed by atoms with E-state index < -0.39 is 32.6 Å². The van der Waals surface area contributed by atoms with Crippen LogP contribution in [0.5, 0.6) is 0 Å². The first-order valence-electron chi connectivity index (χ1n) is 8.78. The maximum atomic E-state index is 14.5. The van der Waals surface area contributed by atoms with E-state index in [1.165, 1.54) is 37.4 Å². The lowest BCUT2D eigenvalue weighted by Gasteiger charge is -2.13. The number of anilines is 2. The van der Waals surface area contributed by atoms with Gasteiger partial charge in [-0.05, 0) is 42.5 Å². The molecule has 0 spiro atoms. The Morgan fingerprint density at radius 3 is 2.23 bits per heavy atom. The molecular formula is C21H16ClFN2O5S. The van der Waals surface area contributed by atoms with Crippen molar-refractivity contribution < 1.29 is 27.1 Å². The van der Waals surface area contributed by atoms with Gasteiger partial charge in [0.25, 0.3) is 15.9 Å². The van der Waals surface area contributed by atoms with E-state index in [9.17, 15) is 22.4 Å². The number of hydrogen-bond acceptors (Lipinski definition) is 5. The van der Waals surface area contributed by atoms with Gasteiger partial charge in [-0.15, -0.1) is 0 Å². The van der Waals surface area contributed by atoms with Gasteiger partial charge in [-0.2, -0.15) is 0 Å². The molecule has 3 aromatic carbocycles. The number of esters is 1. The highest BCUT2D eigenvalue weighted by Gasteiger charge is 2.21. The minimum absolute atomic E-state index is 0.00216. The molecule has 3 rings (SSSR count). The van der Waals surface area contributed by atoms with Gasteiger partial charge >= 0.3 is 5.97 Å². The lowest BCUT2D eigenvalue weighted by atomic mass is 10.2. The van der Waals surface area contributed by atoms with Crippen molar-refractivity contribution in [2.24, 2.45) is 0 Å². The van der Waals surface area contributed by atoms with E-state index in [2.05, 4.69) is 14.8 Å². The van der Waals surface area contributed by atoms with Crippen molar-refractivity contribution in [1.29, 1.82) is 0 Å². The molecule has 0 saturated heterocycles. The zero-order valence-corrected chi connectivity index (χ0v) is 17.6. The van der Waals surface area contributed by atoms with E-state index in [0.717, 1.165) is 18.2 Å². The van der Waals surface area contributed by atoms with Gasteiger partial charge < -0.3 is 10.1 Å². The van der Waals surface area contributed by atoms with Crippen LogP contribution >= 0.6 is 11.6 Å². The Kier molecular flexibility index (Phi) is 6.57. The maximum Gasteiger partial charge on any atom is 0.339 e. The van der Waals surface area contributed by atoms with Crippen LogP contribution in [0.3, 0.4) is 0 Å². The molecule has 0 fully saturated rings. The average Bonchev–Trinajstić information content (AvgIpc) is 2.75. The Morgan fingerprint density at radius 2 is 1.58 bits per heavy atom. The third-order valence-corrected chi connectivity index (χ3v) is 5.89. The third-order valence-electron chi connectivity index (χ3n) is 4.19. The van der Waals surface area contributed by atoms with E-state index in [1.807, 2.05) is 0 Å². The second-order valence-electron chi connectivity index (χ2n) is 6.22. The second kappa shape index (κ2) is 9.15. The minimum Gasteiger partial charge on any atom is -0.465 e. The predicted molar refractivity (Wildman–Crippen MR) is 114 cm³/mol. The number of methoxy groups -OCH3 is 1. The molecule has 0 saturated carbocycles. The van der Waals surface area contributed by atoms with E-state index >= 15 is 0 Å². The minimum atomic E-state index is -4.24. The molecule has 0 aliphatic heterocycles. The SMILES string of the molecule is COC(=O)c1ccccc1NS(=O)(=O)c1ccc(NC(=O)c2ccccc2Cl)c(F)c1. The van der Waals surface area contributed by atoms with Crippen molar-refractivity contribution in [3.8, 4) is 0 Å². The number of sulfonamides is 1. The molecule has 0 aromatic heterocycles. The molecule has 0 radical (unpaired) electrons. The van der Waals surface area contributed by atoms with Gasteiger partial charge in [-0.25, -0.2) is 17.6 Å². The summed E-state index contributed by atoms with van der Waals surface area (Å²) in [5.41, 5.74) is -0.108. The van der Waals surface area contributed by atoms with Crippen LogP contribution in [-0.4, -0.2) is 27.4 Å². The van der Waals surface area contributed by atoms with Gasteiger partial charge in [0.05, 0.1) is 39.5 Å². The van der Waals surface area contributed by atoms with Crippen LogP contribution in [0.4, 0.5) is 15.8 Å². The Bertz CT molecular complexity index is 1260. The zero-order valence-electron chi connectivity index (χ0n) is 16.1. The van der Waals surface area contributed by atoms with Gasteiger partial charge in [-0.1, -0.05) is 35.9 Å². The summed E-state index contributed by atoms with van der Waals surface area (Å²) >= 11 is 5.96. The number of benzene rings is 3. The largest absolute Gasteiger partial charge is 0.465 e. The highest BCUT2D eigenvalue weighted by atomic mass is 35.5. The zero-order chi connectivity index (χ0) is 22.6. The first-order valence-corrected chi connectivity index (χ1v) is 10.6. The molecule has 0 aliphatic rings. The Hall–Kier alpha value is -3.43. The molecule has 1 amide bonds. The predicted octanol–water partition coefficient (Wildman–Crippen LogP) is 4.32. The lowest BCUT2D eigenvalue weighted by Crippen LogP contribution is -2.17. The van der Waals surface area contributed by atoms with Gasteiger partial charge in [0.1, 0.15) is 5.82 Å². The Balaban J connectivity index is 1.85. The lowest BCUT2D eigenvalue weighted by molar-refractivity contribution is 0.0602. The highest BCUT2D eigenvalue weighted by molar-refractivity contribution is 7.92. The van der Waals surface area contributed by atoms with Crippen LogP contribution in [0.15, 0.2) is 71.6 Å².